The van der Waals surface area contributed by atoms with Gasteiger partial charge in [-0.1, -0.05) is 64.0 Å². The molecule has 0 aromatic heterocycles. The molecule has 1 aliphatic rings. The maximum absolute atomic E-state index is 10.1. The Balaban J connectivity index is 2.07. The molecule has 0 spiro atoms. The first-order valence-electron chi connectivity index (χ1n) is 10.4. The van der Waals surface area contributed by atoms with Crippen LogP contribution in [0.3, 0.4) is 0 Å². The Morgan fingerprint density at radius 2 is 1.62 bits per heavy atom. The van der Waals surface area contributed by atoms with E-state index in [1.54, 1.807) is 0 Å². The fraction of sp³-hybridized carbons (Fsp3) is 0.857. The van der Waals surface area contributed by atoms with Crippen LogP contribution in [0.2, 0.25) is 0 Å². The van der Waals surface area contributed by atoms with Crippen LogP contribution >= 0.6 is 0 Å². The molecule has 3 heteroatoms. The monoisotopic (exact) mass is 337 g/mol. The van der Waals surface area contributed by atoms with E-state index < -0.39 is 0 Å². The molecule has 0 amide bonds. The van der Waals surface area contributed by atoms with Crippen molar-refractivity contribution in [3.05, 3.63) is 12.2 Å². The molecule has 0 saturated carbocycles. The van der Waals surface area contributed by atoms with Gasteiger partial charge in [0.2, 0.25) is 5.84 Å². The van der Waals surface area contributed by atoms with Crippen LogP contribution < -0.4 is 0 Å². The van der Waals surface area contributed by atoms with Gasteiger partial charge in [-0.25, -0.2) is 4.99 Å². The molecule has 0 aromatic rings. The summed E-state index contributed by atoms with van der Waals surface area (Å²) in [4.78, 5) is 4.67. The minimum atomic E-state index is -0.336. The van der Waals surface area contributed by atoms with E-state index in [4.69, 9.17) is 0 Å². The Labute approximate surface area is 150 Å². The maximum atomic E-state index is 10.1. The van der Waals surface area contributed by atoms with Crippen LogP contribution in [0.1, 0.15) is 91.4 Å². The molecule has 0 fully saturated rings. The maximum Gasteiger partial charge on any atom is 0.200 e. The van der Waals surface area contributed by atoms with Gasteiger partial charge in [0.1, 0.15) is 6.54 Å². The average molecular weight is 338 g/mol. The van der Waals surface area contributed by atoms with Gasteiger partial charge in [-0.05, 0) is 26.2 Å². The van der Waals surface area contributed by atoms with Gasteiger partial charge in [-0.2, -0.15) is 0 Å². The number of aliphatic hydroxyl groups excluding tert-OH is 1. The van der Waals surface area contributed by atoms with Gasteiger partial charge in [-0.15, -0.1) is 0 Å². The van der Waals surface area contributed by atoms with Gasteiger partial charge in [0.15, 0.2) is 6.23 Å². The van der Waals surface area contributed by atoms with Gasteiger partial charge in [0.05, 0.1) is 13.1 Å². The number of unbranched alkanes of at least 4 members (excludes halogenated alkanes) is 8. The van der Waals surface area contributed by atoms with E-state index in [0.717, 1.165) is 32.5 Å². The first-order valence-corrected chi connectivity index (χ1v) is 10.4. The van der Waals surface area contributed by atoms with Crippen LogP contribution in [0.25, 0.3) is 0 Å². The highest BCUT2D eigenvalue weighted by Gasteiger charge is 2.40. The average Bonchev–Trinajstić information content (AvgIpc) is 3.00. The van der Waals surface area contributed by atoms with E-state index in [1.165, 1.54) is 63.6 Å². The summed E-state index contributed by atoms with van der Waals surface area (Å²) >= 11 is 0. The molecule has 2 atom stereocenters. The molecule has 0 aromatic carbocycles. The van der Waals surface area contributed by atoms with E-state index in [9.17, 15) is 5.11 Å². The number of nitrogens with zero attached hydrogens (tertiary/aromatic N) is 2. The summed E-state index contributed by atoms with van der Waals surface area (Å²) in [6.45, 7) is 9.12. The van der Waals surface area contributed by atoms with Crippen molar-refractivity contribution in [1.82, 2.24) is 0 Å². The topological polar surface area (TPSA) is 32.6 Å². The molecule has 0 radical (unpaired) electrons. The number of hydrogen-bond donors (Lipinski definition) is 1. The van der Waals surface area contributed by atoms with E-state index in [0.29, 0.717) is 4.48 Å². The van der Waals surface area contributed by atoms with Crippen LogP contribution in [0.15, 0.2) is 17.1 Å². The lowest BCUT2D eigenvalue weighted by molar-refractivity contribution is -0.882. The zero-order valence-electron chi connectivity index (χ0n) is 16.5. The number of aliphatic hydroxyl groups is 1. The largest absolute Gasteiger partial charge is 0.345 e. The smallest absolute Gasteiger partial charge is 0.200 e. The molecule has 0 bridgehead atoms. The fourth-order valence-electron chi connectivity index (χ4n) is 3.78. The molecule has 140 valence electrons. The Hall–Kier alpha value is -0.670. The summed E-state index contributed by atoms with van der Waals surface area (Å²) in [5.74, 6) is 1.20. The third kappa shape index (κ3) is 7.06. The van der Waals surface area contributed by atoms with Gasteiger partial charge in [-0.3, -0.25) is 4.48 Å². The number of quaternary nitrogens is 1. The predicted octanol–water partition coefficient (Wildman–Crippen LogP) is 5.44. The van der Waals surface area contributed by atoms with Crippen molar-refractivity contribution >= 4 is 5.84 Å². The second kappa shape index (κ2) is 12.7. The lowest BCUT2D eigenvalue weighted by Crippen LogP contribution is -2.56. The highest BCUT2D eigenvalue weighted by molar-refractivity contribution is 5.77. The first kappa shape index (κ1) is 21.4. The molecule has 3 nitrogen and oxygen atoms in total. The van der Waals surface area contributed by atoms with Crippen molar-refractivity contribution in [2.24, 2.45) is 4.99 Å². The van der Waals surface area contributed by atoms with Crippen LogP contribution in [-0.2, 0) is 0 Å². The molecule has 1 N–H and O–H groups in total. The van der Waals surface area contributed by atoms with Crippen molar-refractivity contribution in [1.29, 1.82) is 0 Å². The normalized spacial score (nSPS) is 22.2. The number of aliphatic imine (C=N–C) groups is 1. The summed E-state index contributed by atoms with van der Waals surface area (Å²) in [6.07, 6.45) is 18.7. The first-order chi connectivity index (χ1) is 11.7. The third-order valence-electron chi connectivity index (χ3n) is 5.51. The van der Waals surface area contributed by atoms with Crippen molar-refractivity contribution < 1.29 is 9.59 Å². The number of amidine groups is 1. The van der Waals surface area contributed by atoms with Gasteiger partial charge >= 0.3 is 0 Å². The van der Waals surface area contributed by atoms with E-state index in [2.05, 4.69) is 31.0 Å². The highest BCUT2D eigenvalue weighted by atomic mass is 16.3. The molecule has 2 unspecified atom stereocenters. The lowest BCUT2D eigenvalue weighted by atomic mass is 10.1. The molecule has 0 aliphatic carbocycles. The van der Waals surface area contributed by atoms with Crippen molar-refractivity contribution in [3.63, 3.8) is 0 Å². The standard InChI is InChI=1S/C21H41N2O/c1-4-6-7-8-9-10-11-12-13-14-15-16-17-21-22-18-19-23(21,5-2)20(3)24/h14-15,20,24H,4-13,16-19H2,1-3H3/q+1/b15-14+. The number of allylic oxidation sites excluding steroid dienone is 2. The zero-order valence-corrected chi connectivity index (χ0v) is 16.5. The Morgan fingerprint density at radius 3 is 2.25 bits per heavy atom. The highest BCUT2D eigenvalue weighted by Crippen LogP contribution is 2.22. The molecule has 1 heterocycles. The molecule has 24 heavy (non-hydrogen) atoms. The molecule has 1 aliphatic heterocycles. The van der Waals surface area contributed by atoms with Crippen LogP contribution in [0.4, 0.5) is 0 Å². The van der Waals surface area contributed by atoms with Crippen LogP contribution in [-0.4, -0.2) is 41.3 Å². The Bertz CT molecular complexity index is 376. The lowest BCUT2D eigenvalue weighted by Gasteiger charge is -2.36. The minimum absolute atomic E-state index is 0.336. The molecule has 0 saturated heterocycles. The molecular formula is C21H41N2O+. The van der Waals surface area contributed by atoms with Gasteiger partial charge in [0.25, 0.3) is 0 Å². The van der Waals surface area contributed by atoms with Crippen LogP contribution in [0.5, 0.6) is 0 Å². The quantitative estimate of drug-likeness (QED) is 0.255. The third-order valence-corrected chi connectivity index (χ3v) is 5.51. The zero-order chi connectivity index (χ0) is 17.7. The van der Waals surface area contributed by atoms with Gasteiger partial charge in [0, 0.05) is 13.3 Å². The minimum Gasteiger partial charge on any atom is -0.345 e. The Morgan fingerprint density at radius 1 is 1.00 bits per heavy atom. The number of rotatable bonds is 14. The van der Waals surface area contributed by atoms with Crippen molar-refractivity contribution in [3.8, 4) is 0 Å². The predicted molar refractivity (Wildman–Crippen MR) is 105 cm³/mol. The van der Waals surface area contributed by atoms with E-state index >= 15 is 0 Å². The molecular weight excluding hydrogens is 296 g/mol. The molecule has 1 rings (SSSR count). The SMILES string of the molecule is CCCCCCCCCC/C=C/CCC1=NCC[N+]1(CC)C(C)O. The summed E-state index contributed by atoms with van der Waals surface area (Å²) in [5.41, 5.74) is 0. The summed E-state index contributed by atoms with van der Waals surface area (Å²) in [6, 6.07) is 0. The second-order valence-corrected chi connectivity index (χ2v) is 7.28. The fourth-order valence-corrected chi connectivity index (χ4v) is 3.78. The summed E-state index contributed by atoms with van der Waals surface area (Å²) in [5, 5.41) is 10.1. The Kier molecular flexibility index (Phi) is 11.3. The van der Waals surface area contributed by atoms with E-state index in [-0.39, 0.29) is 6.23 Å². The van der Waals surface area contributed by atoms with Crippen LogP contribution in [0, 0.1) is 0 Å². The number of hydrogen-bond acceptors (Lipinski definition) is 2. The van der Waals surface area contributed by atoms with E-state index in [1.807, 2.05) is 6.92 Å². The van der Waals surface area contributed by atoms with Gasteiger partial charge < -0.3 is 5.11 Å². The number of likely N-dealkylation sites (N-methyl/N-ethyl adjacent to an activating group) is 1. The summed E-state index contributed by atoms with van der Waals surface area (Å²) < 4.78 is 0.686. The summed E-state index contributed by atoms with van der Waals surface area (Å²) in [7, 11) is 0. The van der Waals surface area contributed by atoms with Crippen molar-refractivity contribution in [2.75, 3.05) is 19.6 Å². The second-order valence-electron chi connectivity index (χ2n) is 7.28. The van der Waals surface area contributed by atoms with Crippen molar-refractivity contribution in [2.45, 2.75) is 97.6 Å².